The quantitative estimate of drug-likeness (QED) is 0.848. The highest BCUT2D eigenvalue weighted by Gasteiger charge is 2.25. The van der Waals surface area contributed by atoms with Gasteiger partial charge in [-0.2, -0.15) is 0 Å². The van der Waals surface area contributed by atoms with Crippen LogP contribution in [0.4, 0.5) is 0 Å². The van der Waals surface area contributed by atoms with E-state index in [-0.39, 0.29) is 5.91 Å². The fourth-order valence-corrected chi connectivity index (χ4v) is 2.60. The number of aromatic nitrogens is 1. The number of piperazine rings is 1. The molecule has 1 atom stereocenters. The van der Waals surface area contributed by atoms with Gasteiger partial charge < -0.3 is 14.8 Å². The number of carbonyl (C=O) groups excluding carboxylic acids is 1. The smallest absolute Gasteiger partial charge is 0.253 e. The zero-order chi connectivity index (χ0) is 13.4. The zero-order valence-corrected chi connectivity index (χ0v) is 11.4. The first-order valence-corrected chi connectivity index (χ1v) is 6.72. The van der Waals surface area contributed by atoms with Crippen LogP contribution in [-0.4, -0.2) is 53.4 Å². The van der Waals surface area contributed by atoms with Gasteiger partial charge in [0.2, 0.25) is 0 Å². The van der Waals surface area contributed by atoms with Crippen molar-refractivity contribution in [3.05, 3.63) is 36.0 Å². The molecule has 1 aromatic heterocycles. The van der Waals surface area contributed by atoms with Gasteiger partial charge in [0, 0.05) is 48.3 Å². The van der Waals surface area contributed by atoms with E-state index in [1.54, 1.807) is 0 Å². The fourth-order valence-electron chi connectivity index (χ4n) is 2.60. The zero-order valence-electron chi connectivity index (χ0n) is 11.4. The Labute approximate surface area is 113 Å². The molecule has 1 aliphatic rings. The largest absolute Gasteiger partial charge is 0.361 e. The average Bonchev–Trinajstić information content (AvgIpc) is 2.88. The molecule has 1 aromatic carbocycles. The Morgan fingerprint density at radius 1 is 1.32 bits per heavy atom. The highest BCUT2D eigenvalue weighted by atomic mass is 16.2. The third-order valence-corrected chi connectivity index (χ3v) is 4.05. The Morgan fingerprint density at radius 2 is 2.16 bits per heavy atom. The van der Waals surface area contributed by atoms with Crippen molar-refractivity contribution in [2.45, 2.75) is 13.0 Å². The number of hydrogen-bond donors (Lipinski definition) is 1. The SMILES string of the molecule is CC1CN(C(=O)c2ccc3[nH]ccc3c2)CCN1C. The van der Waals surface area contributed by atoms with Gasteiger partial charge in [-0.1, -0.05) is 0 Å². The molecule has 1 saturated heterocycles. The van der Waals surface area contributed by atoms with Crippen LogP contribution < -0.4 is 0 Å². The second kappa shape index (κ2) is 4.70. The van der Waals surface area contributed by atoms with Gasteiger partial charge in [0.1, 0.15) is 0 Å². The van der Waals surface area contributed by atoms with Crippen molar-refractivity contribution in [1.29, 1.82) is 0 Å². The molecule has 1 unspecified atom stereocenters. The van der Waals surface area contributed by atoms with E-state index < -0.39 is 0 Å². The fraction of sp³-hybridized carbons (Fsp3) is 0.400. The van der Waals surface area contributed by atoms with Gasteiger partial charge in [-0.25, -0.2) is 0 Å². The van der Waals surface area contributed by atoms with Crippen LogP contribution in [0, 0.1) is 0 Å². The Kier molecular flexibility index (Phi) is 3.03. The Morgan fingerprint density at radius 3 is 2.95 bits per heavy atom. The second-order valence-corrected chi connectivity index (χ2v) is 5.36. The van der Waals surface area contributed by atoms with E-state index in [1.807, 2.05) is 35.4 Å². The van der Waals surface area contributed by atoms with Gasteiger partial charge in [0.15, 0.2) is 0 Å². The summed E-state index contributed by atoms with van der Waals surface area (Å²) in [7, 11) is 2.11. The van der Waals surface area contributed by atoms with Crippen LogP contribution in [0.3, 0.4) is 0 Å². The molecule has 4 nitrogen and oxygen atoms in total. The highest BCUT2D eigenvalue weighted by Crippen LogP contribution is 2.17. The summed E-state index contributed by atoms with van der Waals surface area (Å²) in [5.41, 5.74) is 1.85. The van der Waals surface area contributed by atoms with E-state index in [0.717, 1.165) is 36.1 Å². The molecule has 4 heteroatoms. The molecule has 3 rings (SSSR count). The van der Waals surface area contributed by atoms with Crippen LogP contribution in [0.15, 0.2) is 30.5 Å². The number of hydrogen-bond acceptors (Lipinski definition) is 2. The number of likely N-dealkylation sites (N-methyl/N-ethyl adjacent to an activating group) is 1. The minimum atomic E-state index is 0.142. The number of carbonyl (C=O) groups is 1. The molecule has 0 spiro atoms. The lowest BCUT2D eigenvalue weighted by Gasteiger charge is -2.37. The third kappa shape index (κ3) is 2.24. The number of nitrogens with zero attached hydrogens (tertiary/aromatic N) is 2. The minimum Gasteiger partial charge on any atom is -0.361 e. The normalized spacial score (nSPS) is 20.9. The molecule has 1 fully saturated rings. The van der Waals surface area contributed by atoms with Crippen LogP contribution in [0.5, 0.6) is 0 Å². The Hall–Kier alpha value is -1.81. The number of fused-ring (bicyclic) bond motifs is 1. The molecule has 0 aliphatic carbocycles. The third-order valence-electron chi connectivity index (χ3n) is 4.05. The lowest BCUT2D eigenvalue weighted by atomic mass is 10.1. The van der Waals surface area contributed by atoms with Crippen LogP contribution in [0.1, 0.15) is 17.3 Å². The Balaban J connectivity index is 1.83. The molecular weight excluding hydrogens is 238 g/mol. The summed E-state index contributed by atoms with van der Waals surface area (Å²) in [4.78, 5) is 19.9. The van der Waals surface area contributed by atoms with Crippen LogP contribution >= 0.6 is 0 Å². The second-order valence-electron chi connectivity index (χ2n) is 5.36. The highest BCUT2D eigenvalue weighted by molar-refractivity contribution is 5.98. The van der Waals surface area contributed by atoms with Gasteiger partial charge in [0.05, 0.1) is 0 Å². The number of H-pyrrole nitrogens is 1. The maximum Gasteiger partial charge on any atom is 0.253 e. The van der Waals surface area contributed by atoms with Gasteiger partial charge in [-0.15, -0.1) is 0 Å². The lowest BCUT2D eigenvalue weighted by molar-refractivity contribution is 0.0572. The summed E-state index contributed by atoms with van der Waals surface area (Å²) < 4.78 is 0. The summed E-state index contributed by atoms with van der Waals surface area (Å²) in [6, 6.07) is 8.27. The molecule has 100 valence electrons. The van der Waals surface area contributed by atoms with Crippen molar-refractivity contribution in [2.24, 2.45) is 0 Å². The molecule has 19 heavy (non-hydrogen) atoms. The number of rotatable bonds is 1. The van der Waals surface area contributed by atoms with Crippen molar-refractivity contribution < 1.29 is 4.79 Å². The molecule has 0 saturated carbocycles. The molecule has 0 radical (unpaired) electrons. The number of benzene rings is 1. The van der Waals surface area contributed by atoms with E-state index in [4.69, 9.17) is 0 Å². The standard InChI is InChI=1S/C15H19N3O/c1-11-10-18(8-7-17(11)2)15(19)13-3-4-14-12(9-13)5-6-16-14/h3-6,9,11,16H,7-8,10H2,1-2H3. The summed E-state index contributed by atoms with van der Waals surface area (Å²) >= 11 is 0. The van der Waals surface area contributed by atoms with E-state index in [1.165, 1.54) is 0 Å². The minimum absolute atomic E-state index is 0.142. The number of aromatic amines is 1. The van der Waals surface area contributed by atoms with Crippen LogP contribution in [-0.2, 0) is 0 Å². The first-order valence-electron chi connectivity index (χ1n) is 6.72. The maximum absolute atomic E-state index is 12.5. The van der Waals surface area contributed by atoms with Crippen molar-refractivity contribution >= 4 is 16.8 Å². The van der Waals surface area contributed by atoms with E-state index in [0.29, 0.717) is 6.04 Å². The molecule has 1 aliphatic heterocycles. The molecule has 1 N–H and O–H groups in total. The van der Waals surface area contributed by atoms with Gasteiger partial charge in [0.25, 0.3) is 5.91 Å². The summed E-state index contributed by atoms with van der Waals surface area (Å²) in [5, 5.41) is 1.09. The predicted octanol–water partition coefficient (Wildman–Crippen LogP) is 1.94. The molecule has 0 bridgehead atoms. The van der Waals surface area contributed by atoms with E-state index in [9.17, 15) is 4.79 Å². The molecule has 2 heterocycles. The van der Waals surface area contributed by atoms with E-state index >= 15 is 0 Å². The Bertz CT molecular complexity index is 604. The summed E-state index contributed by atoms with van der Waals surface area (Å²) in [6.45, 7) is 4.72. The average molecular weight is 257 g/mol. The number of amides is 1. The van der Waals surface area contributed by atoms with Crippen LogP contribution in [0.25, 0.3) is 10.9 Å². The summed E-state index contributed by atoms with van der Waals surface area (Å²) in [6.07, 6.45) is 1.90. The van der Waals surface area contributed by atoms with Crippen LogP contribution in [0.2, 0.25) is 0 Å². The topological polar surface area (TPSA) is 39.3 Å². The maximum atomic E-state index is 12.5. The van der Waals surface area contributed by atoms with Crippen molar-refractivity contribution in [3.8, 4) is 0 Å². The van der Waals surface area contributed by atoms with E-state index in [2.05, 4.69) is 23.9 Å². The number of nitrogens with one attached hydrogen (secondary N) is 1. The first kappa shape index (κ1) is 12.2. The molecular formula is C15H19N3O. The van der Waals surface area contributed by atoms with Crippen molar-refractivity contribution in [1.82, 2.24) is 14.8 Å². The predicted molar refractivity (Wildman–Crippen MR) is 76.3 cm³/mol. The van der Waals surface area contributed by atoms with Gasteiger partial charge >= 0.3 is 0 Å². The molecule has 2 aromatic rings. The molecule has 1 amide bonds. The van der Waals surface area contributed by atoms with Gasteiger partial charge in [-0.05, 0) is 38.2 Å². The van der Waals surface area contributed by atoms with Crippen molar-refractivity contribution in [3.63, 3.8) is 0 Å². The monoisotopic (exact) mass is 257 g/mol. The first-order chi connectivity index (χ1) is 9.15. The lowest BCUT2D eigenvalue weighted by Crippen LogP contribution is -2.52. The van der Waals surface area contributed by atoms with Gasteiger partial charge in [-0.3, -0.25) is 4.79 Å². The van der Waals surface area contributed by atoms with Crippen molar-refractivity contribution in [2.75, 3.05) is 26.7 Å². The summed E-state index contributed by atoms with van der Waals surface area (Å²) in [5.74, 6) is 0.142.